The molecule has 1 aromatic carbocycles. The monoisotopic (exact) mass is 309 g/mol. The fourth-order valence-electron chi connectivity index (χ4n) is 2.74. The number of benzene rings is 1. The fraction of sp³-hybridized carbons (Fsp3) is 0.500. The van der Waals surface area contributed by atoms with Gasteiger partial charge in [-0.25, -0.2) is 0 Å². The zero-order chi connectivity index (χ0) is 15.4. The Morgan fingerprint density at radius 1 is 1.33 bits per heavy atom. The predicted octanol–water partition coefficient (Wildman–Crippen LogP) is 2.84. The number of carboxylic acid groups (broad SMARTS) is 1. The van der Waals surface area contributed by atoms with Crippen molar-refractivity contribution in [1.29, 1.82) is 0 Å². The Bertz CT molecular complexity index is 524. The van der Waals surface area contributed by atoms with Gasteiger partial charge in [0.1, 0.15) is 0 Å². The first-order valence-electron chi connectivity index (χ1n) is 7.24. The van der Waals surface area contributed by atoms with Gasteiger partial charge in [-0.2, -0.15) is 0 Å². The van der Waals surface area contributed by atoms with Gasteiger partial charge < -0.3 is 10.0 Å². The minimum Gasteiger partial charge on any atom is -0.481 e. The highest BCUT2D eigenvalue weighted by molar-refractivity contribution is 6.31. The number of carbonyl (C=O) groups excluding carboxylic acids is 1. The number of piperidine rings is 1. The topological polar surface area (TPSA) is 57.6 Å². The van der Waals surface area contributed by atoms with Crippen LogP contribution in [-0.2, 0) is 16.0 Å². The molecule has 4 nitrogen and oxygen atoms in total. The number of carboxylic acids is 1. The SMILES string of the molecule is CC(Cc1ccccc1Cl)C(=O)N1CCC(C(=O)O)CC1. The molecular weight excluding hydrogens is 290 g/mol. The highest BCUT2D eigenvalue weighted by Gasteiger charge is 2.29. The van der Waals surface area contributed by atoms with Crippen LogP contribution in [-0.4, -0.2) is 35.0 Å². The molecule has 1 aromatic rings. The molecule has 2 rings (SSSR count). The Kier molecular flexibility index (Phi) is 5.23. The lowest BCUT2D eigenvalue weighted by Gasteiger charge is -2.32. The third-order valence-electron chi connectivity index (χ3n) is 4.06. The van der Waals surface area contributed by atoms with E-state index in [0.29, 0.717) is 37.4 Å². The summed E-state index contributed by atoms with van der Waals surface area (Å²) in [5, 5.41) is 9.66. The number of rotatable bonds is 4. The quantitative estimate of drug-likeness (QED) is 0.930. The van der Waals surface area contributed by atoms with Crippen molar-refractivity contribution < 1.29 is 14.7 Å². The van der Waals surface area contributed by atoms with E-state index in [2.05, 4.69) is 0 Å². The van der Waals surface area contributed by atoms with Gasteiger partial charge in [-0.15, -0.1) is 0 Å². The molecule has 0 bridgehead atoms. The number of likely N-dealkylation sites (tertiary alicyclic amines) is 1. The highest BCUT2D eigenvalue weighted by Crippen LogP contribution is 2.22. The zero-order valence-electron chi connectivity index (χ0n) is 12.1. The Morgan fingerprint density at radius 3 is 2.52 bits per heavy atom. The number of hydrogen-bond donors (Lipinski definition) is 1. The first kappa shape index (κ1) is 15.8. The van der Waals surface area contributed by atoms with E-state index in [0.717, 1.165) is 5.56 Å². The number of aliphatic carboxylic acids is 1. The van der Waals surface area contributed by atoms with Gasteiger partial charge in [0.15, 0.2) is 0 Å². The molecule has 0 radical (unpaired) electrons. The van der Waals surface area contributed by atoms with Gasteiger partial charge in [-0.1, -0.05) is 36.7 Å². The molecule has 1 fully saturated rings. The third kappa shape index (κ3) is 3.97. The summed E-state index contributed by atoms with van der Waals surface area (Å²) >= 11 is 6.12. The van der Waals surface area contributed by atoms with Crippen molar-refractivity contribution in [2.75, 3.05) is 13.1 Å². The van der Waals surface area contributed by atoms with Crippen LogP contribution in [0.5, 0.6) is 0 Å². The van der Waals surface area contributed by atoms with E-state index in [9.17, 15) is 9.59 Å². The van der Waals surface area contributed by atoms with Crippen LogP contribution in [0.2, 0.25) is 5.02 Å². The number of nitrogens with zero attached hydrogens (tertiary/aromatic N) is 1. The van der Waals surface area contributed by atoms with Crippen molar-refractivity contribution in [3.8, 4) is 0 Å². The van der Waals surface area contributed by atoms with Gasteiger partial charge in [0, 0.05) is 24.0 Å². The molecule has 1 N–H and O–H groups in total. The summed E-state index contributed by atoms with van der Waals surface area (Å²) in [5.41, 5.74) is 0.973. The van der Waals surface area contributed by atoms with Crippen molar-refractivity contribution in [2.45, 2.75) is 26.2 Å². The van der Waals surface area contributed by atoms with Crippen LogP contribution in [0.3, 0.4) is 0 Å². The molecule has 0 spiro atoms. The maximum Gasteiger partial charge on any atom is 0.306 e. The van der Waals surface area contributed by atoms with Crippen LogP contribution in [0, 0.1) is 11.8 Å². The molecule has 0 saturated carbocycles. The largest absolute Gasteiger partial charge is 0.481 e. The van der Waals surface area contributed by atoms with E-state index in [-0.39, 0.29) is 17.7 Å². The van der Waals surface area contributed by atoms with Crippen LogP contribution in [0.25, 0.3) is 0 Å². The average molecular weight is 310 g/mol. The summed E-state index contributed by atoms with van der Waals surface area (Å²) < 4.78 is 0. The molecule has 0 aliphatic carbocycles. The van der Waals surface area contributed by atoms with E-state index in [1.54, 1.807) is 4.90 Å². The number of hydrogen-bond acceptors (Lipinski definition) is 2. The summed E-state index contributed by atoms with van der Waals surface area (Å²) in [6.07, 6.45) is 1.69. The van der Waals surface area contributed by atoms with E-state index >= 15 is 0 Å². The Morgan fingerprint density at radius 2 is 1.95 bits per heavy atom. The fourth-order valence-corrected chi connectivity index (χ4v) is 2.95. The molecule has 1 unspecified atom stereocenters. The molecule has 1 aliphatic heterocycles. The number of halogens is 1. The summed E-state index contributed by atoms with van der Waals surface area (Å²) in [5.74, 6) is -1.14. The lowest BCUT2D eigenvalue weighted by atomic mass is 9.94. The molecule has 114 valence electrons. The van der Waals surface area contributed by atoms with Crippen LogP contribution in [0.4, 0.5) is 0 Å². The zero-order valence-corrected chi connectivity index (χ0v) is 12.8. The lowest BCUT2D eigenvalue weighted by Crippen LogP contribution is -2.43. The second kappa shape index (κ2) is 6.94. The van der Waals surface area contributed by atoms with Crippen molar-refractivity contribution in [3.63, 3.8) is 0 Å². The van der Waals surface area contributed by atoms with Crippen LogP contribution in [0.1, 0.15) is 25.3 Å². The van der Waals surface area contributed by atoms with Crippen molar-refractivity contribution >= 4 is 23.5 Å². The van der Waals surface area contributed by atoms with Gasteiger partial charge >= 0.3 is 5.97 Å². The van der Waals surface area contributed by atoms with Crippen LogP contribution >= 0.6 is 11.6 Å². The molecule has 0 aromatic heterocycles. The van der Waals surface area contributed by atoms with Gasteiger partial charge in [-0.05, 0) is 30.9 Å². The molecule has 5 heteroatoms. The Labute approximate surface area is 129 Å². The predicted molar refractivity (Wildman–Crippen MR) is 81.3 cm³/mol. The summed E-state index contributed by atoms with van der Waals surface area (Å²) in [7, 11) is 0. The molecule has 1 saturated heterocycles. The van der Waals surface area contributed by atoms with Gasteiger partial charge in [0.2, 0.25) is 5.91 Å². The van der Waals surface area contributed by atoms with E-state index in [1.165, 1.54) is 0 Å². The molecule has 1 heterocycles. The first-order valence-corrected chi connectivity index (χ1v) is 7.62. The third-order valence-corrected chi connectivity index (χ3v) is 4.43. The number of carbonyl (C=O) groups is 2. The summed E-state index contributed by atoms with van der Waals surface area (Å²) in [6, 6.07) is 7.54. The Balaban J connectivity index is 1.92. The van der Waals surface area contributed by atoms with E-state index in [4.69, 9.17) is 16.7 Å². The number of amides is 1. The maximum absolute atomic E-state index is 12.4. The smallest absolute Gasteiger partial charge is 0.306 e. The Hall–Kier alpha value is -1.55. The molecule has 1 aliphatic rings. The standard InChI is InChI=1S/C16H20ClNO3/c1-11(10-13-4-2-3-5-14(13)17)15(19)18-8-6-12(7-9-18)16(20)21/h2-5,11-12H,6-10H2,1H3,(H,20,21). The van der Waals surface area contributed by atoms with Crippen molar-refractivity contribution in [1.82, 2.24) is 4.90 Å². The minimum absolute atomic E-state index is 0.0822. The van der Waals surface area contributed by atoms with Gasteiger partial charge in [0.05, 0.1) is 5.92 Å². The highest BCUT2D eigenvalue weighted by atomic mass is 35.5. The summed E-state index contributed by atoms with van der Waals surface area (Å²) in [4.78, 5) is 25.1. The van der Waals surface area contributed by atoms with Crippen LogP contribution in [0.15, 0.2) is 24.3 Å². The van der Waals surface area contributed by atoms with Crippen molar-refractivity contribution in [3.05, 3.63) is 34.9 Å². The van der Waals surface area contributed by atoms with Crippen LogP contribution < -0.4 is 0 Å². The van der Waals surface area contributed by atoms with Gasteiger partial charge in [-0.3, -0.25) is 9.59 Å². The molecule has 1 atom stereocenters. The first-order chi connectivity index (χ1) is 9.99. The van der Waals surface area contributed by atoms with Gasteiger partial charge in [0.25, 0.3) is 0 Å². The molecular formula is C16H20ClNO3. The van der Waals surface area contributed by atoms with E-state index in [1.807, 2.05) is 31.2 Å². The molecule has 21 heavy (non-hydrogen) atoms. The van der Waals surface area contributed by atoms with E-state index < -0.39 is 5.97 Å². The average Bonchev–Trinajstić information content (AvgIpc) is 2.49. The normalized spacial score (nSPS) is 17.5. The lowest BCUT2D eigenvalue weighted by molar-refractivity contribution is -0.146. The molecule has 1 amide bonds. The summed E-state index contributed by atoms with van der Waals surface area (Å²) in [6.45, 7) is 2.96. The second-order valence-electron chi connectivity index (χ2n) is 5.63. The maximum atomic E-state index is 12.4. The second-order valence-corrected chi connectivity index (χ2v) is 6.04. The minimum atomic E-state index is -0.758. The van der Waals surface area contributed by atoms with Crippen molar-refractivity contribution in [2.24, 2.45) is 11.8 Å².